The molecule has 4 nitrogen and oxygen atoms in total. The van der Waals surface area contributed by atoms with Crippen molar-refractivity contribution in [3.8, 4) is 0 Å². The van der Waals surface area contributed by atoms with Crippen molar-refractivity contribution in [2.75, 3.05) is 0 Å². The summed E-state index contributed by atoms with van der Waals surface area (Å²) in [7, 11) is 0. The van der Waals surface area contributed by atoms with Crippen LogP contribution in [-0.2, 0) is 9.59 Å². The number of carboxylic acid groups (broad SMARTS) is 1. The largest absolute Gasteiger partial charge is 0.481 e. The van der Waals surface area contributed by atoms with Crippen LogP contribution in [0.5, 0.6) is 0 Å². The first kappa shape index (κ1) is 15.3. The van der Waals surface area contributed by atoms with E-state index in [-0.39, 0.29) is 40.5 Å². The third kappa shape index (κ3) is 2.57. The van der Waals surface area contributed by atoms with E-state index in [4.69, 9.17) is 0 Å². The fourth-order valence-electron chi connectivity index (χ4n) is 3.64. The van der Waals surface area contributed by atoms with Crippen molar-refractivity contribution < 1.29 is 14.7 Å². The lowest BCUT2D eigenvalue weighted by molar-refractivity contribution is -0.150. The number of carbonyl (C=O) groups is 2. The Morgan fingerprint density at radius 3 is 2.10 bits per heavy atom. The summed E-state index contributed by atoms with van der Waals surface area (Å²) in [5, 5.41) is 12.5. The number of rotatable bonds is 3. The molecule has 2 aliphatic carbocycles. The first-order chi connectivity index (χ1) is 9.07. The van der Waals surface area contributed by atoms with Crippen LogP contribution in [0.4, 0.5) is 0 Å². The van der Waals surface area contributed by atoms with Crippen LogP contribution in [0, 0.1) is 28.6 Å². The summed E-state index contributed by atoms with van der Waals surface area (Å²) in [5.41, 5.74) is -0.151. The molecule has 0 aromatic rings. The first-order valence-electron chi connectivity index (χ1n) is 7.60. The van der Waals surface area contributed by atoms with E-state index in [1.807, 2.05) is 13.8 Å². The molecule has 2 rings (SSSR count). The highest BCUT2D eigenvalue weighted by atomic mass is 16.4. The van der Waals surface area contributed by atoms with E-state index >= 15 is 0 Å². The molecule has 2 fully saturated rings. The van der Waals surface area contributed by atoms with E-state index in [0.29, 0.717) is 6.42 Å². The minimum Gasteiger partial charge on any atom is -0.481 e. The lowest BCUT2D eigenvalue weighted by Crippen LogP contribution is -2.52. The van der Waals surface area contributed by atoms with Gasteiger partial charge in [-0.15, -0.1) is 0 Å². The van der Waals surface area contributed by atoms with E-state index < -0.39 is 5.97 Å². The summed E-state index contributed by atoms with van der Waals surface area (Å²) in [5.74, 6) is -0.576. The maximum atomic E-state index is 12.2. The van der Waals surface area contributed by atoms with Crippen molar-refractivity contribution in [2.24, 2.45) is 28.6 Å². The molecule has 1 amide bonds. The van der Waals surface area contributed by atoms with Gasteiger partial charge in [0.05, 0.1) is 5.92 Å². The summed E-state index contributed by atoms with van der Waals surface area (Å²) < 4.78 is 0. The van der Waals surface area contributed by atoms with Gasteiger partial charge in [0.2, 0.25) is 5.91 Å². The lowest BCUT2D eigenvalue weighted by Gasteiger charge is -2.46. The predicted octanol–water partition coefficient (Wildman–Crippen LogP) is 2.67. The second-order valence-corrected chi connectivity index (χ2v) is 7.94. The smallest absolute Gasteiger partial charge is 0.307 e. The Morgan fingerprint density at radius 2 is 1.65 bits per heavy atom. The maximum Gasteiger partial charge on any atom is 0.307 e. The van der Waals surface area contributed by atoms with Gasteiger partial charge >= 0.3 is 5.97 Å². The Balaban J connectivity index is 2.01. The van der Waals surface area contributed by atoms with Gasteiger partial charge in [0.25, 0.3) is 0 Å². The van der Waals surface area contributed by atoms with Gasteiger partial charge in [-0.1, -0.05) is 34.6 Å². The highest BCUT2D eigenvalue weighted by Crippen LogP contribution is 2.52. The molecular weight excluding hydrogens is 254 g/mol. The van der Waals surface area contributed by atoms with Crippen molar-refractivity contribution in [3.63, 3.8) is 0 Å². The van der Waals surface area contributed by atoms with Gasteiger partial charge in [0, 0.05) is 12.0 Å². The monoisotopic (exact) mass is 281 g/mol. The fourth-order valence-corrected chi connectivity index (χ4v) is 3.64. The molecule has 0 saturated heterocycles. The molecule has 2 N–H and O–H groups in total. The molecule has 0 heterocycles. The van der Waals surface area contributed by atoms with E-state index in [9.17, 15) is 14.7 Å². The Morgan fingerprint density at radius 1 is 1.10 bits per heavy atom. The zero-order valence-corrected chi connectivity index (χ0v) is 13.2. The average Bonchev–Trinajstić information content (AvgIpc) is 2.94. The van der Waals surface area contributed by atoms with E-state index in [1.54, 1.807) is 0 Å². The molecule has 4 heteroatoms. The summed E-state index contributed by atoms with van der Waals surface area (Å²) >= 11 is 0. The fraction of sp³-hybridized carbons (Fsp3) is 0.875. The standard InChI is InChI=1S/C16H27NO3/c1-9-12(17-13(18)11-8-15(11,2)3)7-6-10(14(19)20)16(9,4)5/h9-12H,6-8H2,1-5H3,(H,17,18)(H,19,20). The van der Waals surface area contributed by atoms with Crippen LogP contribution >= 0.6 is 0 Å². The first-order valence-corrected chi connectivity index (χ1v) is 7.60. The Kier molecular flexibility index (Phi) is 3.64. The molecule has 0 radical (unpaired) electrons. The van der Waals surface area contributed by atoms with Crippen molar-refractivity contribution in [2.45, 2.75) is 59.9 Å². The van der Waals surface area contributed by atoms with Gasteiger partial charge in [0.1, 0.15) is 0 Å². The van der Waals surface area contributed by atoms with Gasteiger partial charge in [-0.05, 0) is 36.0 Å². The molecule has 2 saturated carbocycles. The van der Waals surface area contributed by atoms with Crippen molar-refractivity contribution in [3.05, 3.63) is 0 Å². The van der Waals surface area contributed by atoms with E-state index in [2.05, 4.69) is 26.1 Å². The Bertz CT molecular complexity index is 427. The van der Waals surface area contributed by atoms with Crippen molar-refractivity contribution in [1.82, 2.24) is 5.32 Å². The lowest BCUT2D eigenvalue weighted by atomic mass is 9.61. The van der Waals surface area contributed by atoms with Crippen LogP contribution in [0.3, 0.4) is 0 Å². The average molecular weight is 281 g/mol. The highest BCUT2D eigenvalue weighted by molar-refractivity contribution is 5.82. The molecule has 0 bridgehead atoms. The molecule has 0 aromatic carbocycles. The second-order valence-electron chi connectivity index (χ2n) is 7.94. The summed E-state index contributed by atoms with van der Waals surface area (Å²) in [6.45, 7) is 10.3. The SMILES string of the molecule is CC1C(NC(=O)C2CC2(C)C)CCC(C(=O)O)C1(C)C. The Hall–Kier alpha value is -1.06. The third-order valence-corrected chi connectivity index (χ3v) is 5.90. The van der Waals surface area contributed by atoms with Crippen LogP contribution in [0.2, 0.25) is 0 Å². The molecular formula is C16H27NO3. The number of amides is 1. The van der Waals surface area contributed by atoms with Gasteiger partial charge < -0.3 is 10.4 Å². The van der Waals surface area contributed by atoms with Crippen molar-refractivity contribution in [1.29, 1.82) is 0 Å². The number of nitrogens with one attached hydrogen (secondary N) is 1. The van der Waals surface area contributed by atoms with E-state index in [0.717, 1.165) is 12.8 Å². The summed E-state index contributed by atoms with van der Waals surface area (Å²) in [4.78, 5) is 23.6. The number of hydrogen-bond donors (Lipinski definition) is 2. The van der Waals surface area contributed by atoms with Crippen LogP contribution in [0.15, 0.2) is 0 Å². The Labute approximate surface area is 121 Å². The third-order valence-electron chi connectivity index (χ3n) is 5.90. The van der Waals surface area contributed by atoms with Crippen LogP contribution in [0.25, 0.3) is 0 Å². The quantitative estimate of drug-likeness (QED) is 0.836. The zero-order chi connectivity index (χ0) is 15.3. The van der Waals surface area contributed by atoms with Crippen molar-refractivity contribution >= 4 is 11.9 Å². The minimum absolute atomic E-state index is 0.101. The number of carboxylic acids is 1. The zero-order valence-electron chi connectivity index (χ0n) is 13.2. The van der Waals surface area contributed by atoms with Gasteiger partial charge in [-0.2, -0.15) is 0 Å². The van der Waals surface area contributed by atoms with Crippen LogP contribution in [-0.4, -0.2) is 23.0 Å². The molecule has 0 aromatic heterocycles. The van der Waals surface area contributed by atoms with Gasteiger partial charge in [-0.25, -0.2) is 0 Å². The van der Waals surface area contributed by atoms with Crippen LogP contribution in [0.1, 0.15) is 53.9 Å². The number of carbonyl (C=O) groups excluding carboxylic acids is 1. The molecule has 4 unspecified atom stereocenters. The second kappa shape index (κ2) is 4.74. The summed E-state index contributed by atoms with van der Waals surface area (Å²) in [6.07, 6.45) is 2.37. The topological polar surface area (TPSA) is 66.4 Å². The molecule has 2 aliphatic rings. The van der Waals surface area contributed by atoms with Gasteiger partial charge in [-0.3, -0.25) is 9.59 Å². The maximum absolute atomic E-state index is 12.2. The number of aliphatic carboxylic acids is 1. The highest BCUT2D eigenvalue weighted by Gasteiger charge is 2.52. The summed E-state index contributed by atoms with van der Waals surface area (Å²) in [6, 6.07) is 0.101. The minimum atomic E-state index is -0.713. The molecule has 4 atom stereocenters. The molecule has 0 spiro atoms. The normalized spacial score (nSPS) is 38.0. The number of hydrogen-bond acceptors (Lipinski definition) is 2. The molecule has 20 heavy (non-hydrogen) atoms. The predicted molar refractivity (Wildman–Crippen MR) is 77.1 cm³/mol. The van der Waals surface area contributed by atoms with E-state index in [1.165, 1.54) is 0 Å². The molecule has 0 aliphatic heterocycles. The van der Waals surface area contributed by atoms with Gasteiger partial charge in [0.15, 0.2) is 0 Å². The molecule has 114 valence electrons. The van der Waals surface area contributed by atoms with Crippen LogP contribution < -0.4 is 5.32 Å².